The van der Waals surface area contributed by atoms with E-state index in [1.54, 1.807) is 23.1 Å². The standard InChI is InChI=1S/C20H26NSi.C16H9N2O.Ir/c1-22(2,3)20-15-21-19(17-11-5-4-6-12-17)14-18(20)13-16-9-7-8-10-16;1-2-9-17-14(8-1)13-6-3-5-11-12-7-4-10-18-16(12)19-15(11)13;/h4-6,11,14-16H,7-10,13H2,1-3H3;1-5,7-10H;/q2*-1;. The van der Waals surface area contributed by atoms with Gasteiger partial charge in [0, 0.05) is 44.1 Å². The summed E-state index contributed by atoms with van der Waals surface area (Å²) in [4.78, 5) is 13.4. The molecule has 0 bridgehead atoms. The number of hydrogen-bond donors (Lipinski definition) is 0. The number of benzene rings is 2. The second kappa shape index (κ2) is 13.2. The maximum Gasteiger partial charge on any atom is 0.216 e. The van der Waals surface area contributed by atoms with Crippen molar-refractivity contribution < 1.29 is 24.5 Å². The first-order chi connectivity index (χ1) is 20.0. The average molecular weight is 746 g/mol. The van der Waals surface area contributed by atoms with Crippen LogP contribution < -0.4 is 5.19 Å². The van der Waals surface area contributed by atoms with Gasteiger partial charge in [0.05, 0.1) is 13.7 Å². The fourth-order valence-corrected chi connectivity index (χ4v) is 7.43. The quantitative estimate of drug-likeness (QED) is 0.131. The Labute approximate surface area is 263 Å². The van der Waals surface area contributed by atoms with Crippen molar-refractivity contribution in [2.45, 2.75) is 51.7 Å². The molecule has 0 unspecified atom stereocenters. The minimum Gasteiger partial charge on any atom is -0.486 e. The molecule has 0 atom stereocenters. The summed E-state index contributed by atoms with van der Waals surface area (Å²) < 4.78 is 5.86. The zero-order valence-electron chi connectivity index (χ0n) is 24.4. The number of hydrogen-bond acceptors (Lipinski definition) is 4. The Bertz CT molecular complexity index is 1760. The van der Waals surface area contributed by atoms with Gasteiger partial charge in [-0.2, -0.15) is 0 Å². The van der Waals surface area contributed by atoms with Gasteiger partial charge >= 0.3 is 0 Å². The molecule has 0 N–H and O–H groups in total. The zero-order chi connectivity index (χ0) is 28.2. The van der Waals surface area contributed by atoms with Gasteiger partial charge in [0.15, 0.2) is 0 Å². The second-order valence-electron chi connectivity index (χ2n) is 11.9. The second-order valence-corrected chi connectivity index (χ2v) is 16.9. The van der Waals surface area contributed by atoms with Gasteiger partial charge in [-0.05, 0) is 47.1 Å². The molecule has 1 aliphatic rings. The number of fused-ring (bicyclic) bond motifs is 3. The number of pyridine rings is 3. The molecule has 4 aromatic heterocycles. The molecular formula is C36H35IrN3OSi-2. The van der Waals surface area contributed by atoms with Crippen LogP contribution in [-0.2, 0) is 26.5 Å². The molecule has 1 fully saturated rings. The van der Waals surface area contributed by atoms with Crippen LogP contribution in [0.15, 0.2) is 95.8 Å². The molecule has 1 radical (unpaired) electrons. The van der Waals surface area contributed by atoms with E-state index in [0.29, 0.717) is 5.71 Å². The smallest absolute Gasteiger partial charge is 0.216 e. The summed E-state index contributed by atoms with van der Waals surface area (Å²) in [6.07, 6.45) is 12.5. The Morgan fingerprint density at radius 1 is 0.810 bits per heavy atom. The minimum atomic E-state index is -1.35. The number of nitrogens with zero attached hydrogens (tertiary/aromatic N) is 3. The number of aromatic nitrogens is 3. The van der Waals surface area contributed by atoms with E-state index in [4.69, 9.17) is 9.40 Å². The van der Waals surface area contributed by atoms with Crippen LogP contribution in [0.25, 0.3) is 44.6 Å². The van der Waals surface area contributed by atoms with Gasteiger partial charge in [0.25, 0.3) is 0 Å². The molecule has 42 heavy (non-hydrogen) atoms. The van der Waals surface area contributed by atoms with E-state index in [1.807, 2.05) is 54.6 Å². The monoisotopic (exact) mass is 746 g/mol. The third-order valence-electron chi connectivity index (χ3n) is 7.90. The maximum atomic E-state index is 5.86. The third kappa shape index (κ3) is 6.62. The van der Waals surface area contributed by atoms with Gasteiger partial charge < -0.3 is 14.4 Å². The summed E-state index contributed by atoms with van der Waals surface area (Å²) in [6.45, 7) is 7.28. The van der Waals surface area contributed by atoms with Crippen LogP contribution in [-0.4, -0.2) is 23.0 Å². The predicted octanol–water partition coefficient (Wildman–Crippen LogP) is 8.67. The molecule has 1 saturated carbocycles. The van der Waals surface area contributed by atoms with E-state index in [1.165, 1.54) is 32.1 Å². The van der Waals surface area contributed by atoms with Crippen molar-refractivity contribution in [1.82, 2.24) is 15.0 Å². The molecule has 215 valence electrons. The van der Waals surface area contributed by atoms with Crippen LogP contribution in [0, 0.1) is 18.1 Å². The third-order valence-corrected chi connectivity index (χ3v) is 9.96. The topological polar surface area (TPSA) is 51.8 Å². The molecule has 1 aliphatic carbocycles. The molecule has 4 nitrogen and oxygen atoms in total. The molecular weight excluding hydrogens is 711 g/mol. The Morgan fingerprint density at radius 3 is 2.36 bits per heavy atom. The van der Waals surface area contributed by atoms with E-state index in [-0.39, 0.29) is 20.1 Å². The normalized spacial score (nSPS) is 13.5. The zero-order valence-corrected chi connectivity index (χ0v) is 27.8. The van der Waals surface area contributed by atoms with Gasteiger partial charge in [-0.3, -0.25) is 0 Å². The Morgan fingerprint density at radius 2 is 1.62 bits per heavy atom. The molecule has 0 saturated heterocycles. The summed E-state index contributed by atoms with van der Waals surface area (Å²) in [5.74, 6) is 0.880. The van der Waals surface area contributed by atoms with Crippen molar-refractivity contribution in [2.75, 3.05) is 0 Å². The van der Waals surface area contributed by atoms with Gasteiger partial charge in [-0.25, -0.2) is 4.98 Å². The molecule has 6 heteroatoms. The maximum absolute atomic E-state index is 5.86. The van der Waals surface area contributed by atoms with Crippen LogP contribution in [0.2, 0.25) is 19.6 Å². The van der Waals surface area contributed by atoms with Crippen LogP contribution in [0.5, 0.6) is 0 Å². The Hall–Kier alpha value is -3.44. The Balaban J connectivity index is 0.000000165. The van der Waals surface area contributed by atoms with Crippen molar-refractivity contribution in [3.05, 3.63) is 109 Å². The molecule has 4 heterocycles. The number of furan rings is 1. The Kier molecular flexibility index (Phi) is 9.47. The van der Waals surface area contributed by atoms with Crippen molar-refractivity contribution in [3.8, 4) is 22.5 Å². The summed E-state index contributed by atoms with van der Waals surface area (Å²) >= 11 is 0. The fraction of sp³-hybridized carbons (Fsp3) is 0.250. The van der Waals surface area contributed by atoms with Crippen LogP contribution in [0.4, 0.5) is 0 Å². The SMILES string of the molecule is C[Si](C)(C)c1cnc(-c2[c-]cccc2)cc1CC1CCCC1.[Ir].[c-]1ccc2c(oc3ncccc32)c1-c1ccccn1. The fourth-order valence-electron chi connectivity index (χ4n) is 5.84. The number of rotatable bonds is 5. The minimum absolute atomic E-state index is 0. The van der Waals surface area contributed by atoms with E-state index in [9.17, 15) is 0 Å². The van der Waals surface area contributed by atoms with Gasteiger partial charge in [-0.1, -0.05) is 80.0 Å². The van der Waals surface area contributed by atoms with Gasteiger partial charge in [-0.15, -0.1) is 54.1 Å². The van der Waals surface area contributed by atoms with Crippen molar-refractivity contribution in [1.29, 1.82) is 0 Å². The van der Waals surface area contributed by atoms with Gasteiger partial charge in [0.1, 0.15) is 0 Å². The van der Waals surface area contributed by atoms with Crippen molar-refractivity contribution in [2.24, 2.45) is 5.92 Å². The molecule has 0 amide bonds. The van der Waals surface area contributed by atoms with Crippen molar-refractivity contribution >= 4 is 35.3 Å². The summed E-state index contributed by atoms with van der Waals surface area (Å²) in [5, 5.41) is 3.60. The molecule has 2 aromatic carbocycles. The summed E-state index contributed by atoms with van der Waals surface area (Å²) in [5.41, 5.74) is 6.90. The molecule has 6 aromatic rings. The molecule has 7 rings (SSSR count). The first-order valence-corrected chi connectivity index (χ1v) is 18.0. The van der Waals surface area contributed by atoms with E-state index in [2.05, 4.69) is 66.1 Å². The predicted molar refractivity (Wildman–Crippen MR) is 171 cm³/mol. The van der Waals surface area contributed by atoms with Crippen LogP contribution in [0.1, 0.15) is 31.2 Å². The van der Waals surface area contributed by atoms with Crippen LogP contribution >= 0.6 is 0 Å². The average Bonchev–Trinajstić information content (AvgIpc) is 3.65. The van der Waals surface area contributed by atoms with Crippen molar-refractivity contribution in [3.63, 3.8) is 0 Å². The van der Waals surface area contributed by atoms with Crippen LogP contribution in [0.3, 0.4) is 0 Å². The summed E-state index contributed by atoms with van der Waals surface area (Å²) in [6, 6.07) is 30.6. The van der Waals surface area contributed by atoms with E-state index < -0.39 is 8.07 Å². The van der Waals surface area contributed by atoms with E-state index in [0.717, 1.165) is 44.8 Å². The van der Waals surface area contributed by atoms with E-state index >= 15 is 0 Å². The first-order valence-electron chi connectivity index (χ1n) is 14.5. The summed E-state index contributed by atoms with van der Waals surface area (Å²) in [7, 11) is -1.35. The van der Waals surface area contributed by atoms with Gasteiger partial charge in [0.2, 0.25) is 5.71 Å². The molecule has 0 aliphatic heterocycles. The largest absolute Gasteiger partial charge is 0.486 e. The first kappa shape index (κ1) is 30.0. The molecule has 0 spiro atoms.